The molecule has 0 unspecified atom stereocenters. The Hall–Kier alpha value is -2.81. The minimum Gasteiger partial charge on any atom is -0.469 e. The zero-order valence-corrected chi connectivity index (χ0v) is 20.3. The van der Waals surface area contributed by atoms with Crippen molar-refractivity contribution in [2.24, 2.45) is 7.05 Å². The summed E-state index contributed by atoms with van der Waals surface area (Å²) in [6.45, 7) is 0.908. The normalized spacial score (nSPS) is 11.3. The van der Waals surface area contributed by atoms with Crippen LogP contribution in [0.2, 0.25) is 10.0 Å². The van der Waals surface area contributed by atoms with Gasteiger partial charge in [0, 0.05) is 35.3 Å². The van der Waals surface area contributed by atoms with E-state index in [9.17, 15) is 18.4 Å². The molecule has 6 nitrogen and oxygen atoms in total. The van der Waals surface area contributed by atoms with E-state index in [-0.39, 0.29) is 46.0 Å². The summed E-state index contributed by atoms with van der Waals surface area (Å²) in [5.74, 6) is -0.618. The summed E-state index contributed by atoms with van der Waals surface area (Å²) in [5, 5.41) is 4.58. The summed E-state index contributed by atoms with van der Waals surface area (Å²) in [5.41, 5.74) is 1.51. The van der Waals surface area contributed by atoms with Crippen molar-refractivity contribution in [1.29, 1.82) is 0 Å². The quantitative estimate of drug-likeness (QED) is 0.350. The van der Waals surface area contributed by atoms with Gasteiger partial charge in [-0.3, -0.25) is 14.5 Å². The Bertz CT molecular complexity index is 1200. The largest absolute Gasteiger partial charge is 0.469 e. The van der Waals surface area contributed by atoms with Gasteiger partial charge in [0.15, 0.2) is 12.4 Å². The first kappa shape index (κ1) is 25.8. The number of carbonyl (C=O) groups excluding carboxylic acids is 2. The number of carbonyl (C=O) groups is 2. The second-order valence-electron chi connectivity index (χ2n) is 7.77. The predicted octanol–water partition coefficient (Wildman–Crippen LogP) is 5.22. The average Bonchev–Trinajstić information content (AvgIpc) is 3.07. The fraction of sp³-hybridized carbons (Fsp3) is 0.292. The molecule has 1 heterocycles. The van der Waals surface area contributed by atoms with Crippen molar-refractivity contribution in [1.82, 2.24) is 14.7 Å². The Morgan fingerprint density at radius 1 is 1.15 bits per heavy atom. The second kappa shape index (κ2) is 11.1. The van der Waals surface area contributed by atoms with E-state index in [2.05, 4.69) is 5.10 Å². The molecule has 0 fully saturated rings. The lowest BCUT2D eigenvalue weighted by atomic mass is 10.0. The van der Waals surface area contributed by atoms with Crippen LogP contribution in [0.25, 0.3) is 0 Å². The summed E-state index contributed by atoms with van der Waals surface area (Å²) < 4.78 is 32.6. The van der Waals surface area contributed by atoms with Crippen molar-refractivity contribution in [2.45, 2.75) is 19.9 Å². The Labute approximate surface area is 206 Å². The SMILES string of the molecule is Cc1nn(C)c(OCC(=O)c2ccccc2)c1C(=O)c1ccc(Cl)c(CN(C)CC(F)F)c1Cl. The van der Waals surface area contributed by atoms with Gasteiger partial charge in [-0.15, -0.1) is 0 Å². The third kappa shape index (κ3) is 5.81. The molecule has 0 saturated heterocycles. The smallest absolute Gasteiger partial charge is 0.251 e. The van der Waals surface area contributed by atoms with Gasteiger partial charge in [-0.25, -0.2) is 13.5 Å². The number of benzene rings is 2. The molecule has 0 atom stereocenters. The van der Waals surface area contributed by atoms with Crippen LogP contribution in [0.5, 0.6) is 5.88 Å². The lowest BCUT2D eigenvalue weighted by Crippen LogP contribution is -2.24. The molecule has 0 saturated carbocycles. The highest BCUT2D eigenvalue weighted by molar-refractivity contribution is 6.39. The third-order valence-electron chi connectivity index (χ3n) is 5.14. The van der Waals surface area contributed by atoms with Crippen LogP contribution in [-0.2, 0) is 13.6 Å². The highest BCUT2D eigenvalue weighted by atomic mass is 35.5. The van der Waals surface area contributed by atoms with Gasteiger partial charge in [-0.1, -0.05) is 53.5 Å². The van der Waals surface area contributed by atoms with Crippen LogP contribution in [0.1, 0.15) is 37.5 Å². The Morgan fingerprint density at radius 2 is 1.82 bits per heavy atom. The van der Waals surface area contributed by atoms with E-state index in [0.29, 0.717) is 16.8 Å². The standard InChI is InChI=1S/C24H23Cl2F2N3O3/c1-14-21(24(31(3)29-14)34-13-19(32)15-7-5-4-6-8-15)23(33)16-9-10-18(25)17(22(16)26)11-30(2)12-20(27)28/h4-10,20H,11-13H2,1-3H3. The summed E-state index contributed by atoms with van der Waals surface area (Å²) in [6.07, 6.45) is -2.52. The fourth-order valence-corrected chi connectivity index (χ4v) is 4.10. The molecule has 0 amide bonds. The van der Waals surface area contributed by atoms with Crippen molar-refractivity contribution in [3.63, 3.8) is 0 Å². The Morgan fingerprint density at radius 3 is 2.47 bits per heavy atom. The van der Waals surface area contributed by atoms with Crippen LogP contribution >= 0.6 is 23.2 Å². The van der Waals surface area contributed by atoms with E-state index in [1.807, 2.05) is 0 Å². The molecule has 0 aliphatic rings. The molecule has 0 aliphatic carbocycles. The number of Topliss-reactive ketones (excluding diaryl/α,β-unsaturated/α-hetero) is 1. The summed E-state index contributed by atoms with van der Waals surface area (Å²) in [6, 6.07) is 11.6. The minimum atomic E-state index is -2.52. The molecule has 3 rings (SSSR count). The van der Waals surface area contributed by atoms with Gasteiger partial charge < -0.3 is 4.74 Å². The van der Waals surface area contributed by atoms with Gasteiger partial charge in [-0.2, -0.15) is 5.10 Å². The molecule has 0 radical (unpaired) electrons. The van der Waals surface area contributed by atoms with E-state index in [4.69, 9.17) is 27.9 Å². The summed E-state index contributed by atoms with van der Waals surface area (Å²) in [4.78, 5) is 27.3. The average molecular weight is 510 g/mol. The number of nitrogens with zero attached hydrogens (tertiary/aromatic N) is 3. The molecule has 2 aromatic carbocycles. The van der Waals surface area contributed by atoms with Crippen molar-refractivity contribution < 1.29 is 23.1 Å². The number of hydrogen-bond acceptors (Lipinski definition) is 5. The highest BCUT2D eigenvalue weighted by Crippen LogP contribution is 2.33. The third-order valence-corrected chi connectivity index (χ3v) is 5.93. The number of ketones is 2. The zero-order valence-electron chi connectivity index (χ0n) is 18.8. The van der Waals surface area contributed by atoms with E-state index in [1.54, 1.807) is 44.3 Å². The van der Waals surface area contributed by atoms with E-state index < -0.39 is 18.8 Å². The number of hydrogen-bond donors (Lipinski definition) is 0. The lowest BCUT2D eigenvalue weighted by molar-refractivity contribution is 0.0908. The molecule has 1 aromatic heterocycles. The molecule has 0 spiro atoms. The maximum Gasteiger partial charge on any atom is 0.251 e. The monoisotopic (exact) mass is 509 g/mol. The van der Waals surface area contributed by atoms with Crippen LogP contribution in [0.4, 0.5) is 8.78 Å². The van der Waals surface area contributed by atoms with Crippen molar-refractivity contribution in [2.75, 3.05) is 20.2 Å². The first-order valence-corrected chi connectivity index (χ1v) is 11.1. The number of rotatable bonds is 10. The van der Waals surface area contributed by atoms with Gasteiger partial charge in [-0.05, 0) is 26.1 Å². The van der Waals surface area contributed by atoms with E-state index in [1.165, 1.54) is 28.8 Å². The molecule has 0 bridgehead atoms. The molecule has 34 heavy (non-hydrogen) atoms. The molecule has 10 heteroatoms. The van der Waals surface area contributed by atoms with Crippen LogP contribution in [0.15, 0.2) is 42.5 Å². The van der Waals surface area contributed by atoms with Crippen molar-refractivity contribution >= 4 is 34.8 Å². The number of aryl methyl sites for hydroxylation is 2. The van der Waals surface area contributed by atoms with Crippen LogP contribution in [0.3, 0.4) is 0 Å². The van der Waals surface area contributed by atoms with E-state index in [0.717, 1.165) is 0 Å². The van der Waals surface area contributed by atoms with Crippen LogP contribution in [0, 0.1) is 6.92 Å². The maximum absolute atomic E-state index is 13.5. The van der Waals surface area contributed by atoms with Gasteiger partial charge >= 0.3 is 0 Å². The van der Waals surface area contributed by atoms with Crippen LogP contribution in [-0.4, -0.2) is 52.9 Å². The summed E-state index contributed by atoms with van der Waals surface area (Å²) >= 11 is 12.8. The number of alkyl halides is 2. The first-order chi connectivity index (χ1) is 16.1. The van der Waals surface area contributed by atoms with Crippen molar-refractivity contribution in [3.05, 3.63) is 80.5 Å². The van der Waals surface area contributed by atoms with E-state index >= 15 is 0 Å². The Balaban J connectivity index is 1.90. The molecular formula is C24H23Cl2F2N3O3. The van der Waals surface area contributed by atoms with Gasteiger partial charge in [0.1, 0.15) is 5.56 Å². The molecular weight excluding hydrogens is 487 g/mol. The molecule has 0 aliphatic heterocycles. The van der Waals surface area contributed by atoms with Crippen molar-refractivity contribution in [3.8, 4) is 5.88 Å². The second-order valence-corrected chi connectivity index (χ2v) is 8.56. The van der Waals surface area contributed by atoms with Gasteiger partial charge in [0.2, 0.25) is 11.7 Å². The number of aromatic nitrogens is 2. The maximum atomic E-state index is 13.5. The zero-order chi connectivity index (χ0) is 25.0. The highest BCUT2D eigenvalue weighted by Gasteiger charge is 2.27. The van der Waals surface area contributed by atoms with Gasteiger partial charge in [0.05, 0.1) is 17.3 Å². The lowest BCUT2D eigenvalue weighted by Gasteiger charge is -2.19. The number of ether oxygens (including phenoxy) is 1. The molecule has 0 N–H and O–H groups in total. The first-order valence-electron chi connectivity index (χ1n) is 10.3. The topological polar surface area (TPSA) is 64.4 Å². The number of halogens is 4. The molecule has 3 aromatic rings. The fourth-order valence-electron chi connectivity index (χ4n) is 3.53. The molecule has 180 valence electrons. The predicted molar refractivity (Wildman–Crippen MR) is 126 cm³/mol. The Kier molecular flexibility index (Phi) is 8.41. The van der Waals surface area contributed by atoms with Crippen LogP contribution < -0.4 is 4.74 Å². The summed E-state index contributed by atoms with van der Waals surface area (Å²) in [7, 11) is 3.11. The van der Waals surface area contributed by atoms with Gasteiger partial charge in [0.25, 0.3) is 6.43 Å². The minimum absolute atomic E-state index is 0.0318.